The van der Waals surface area contributed by atoms with E-state index in [1.165, 1.54) is 0 Å². The SMILES string of the molecule is Cc1ccc2c(Br)ccc(OCc3ccccc3)c2n1. The number of halogens is 1. The van der Waals surface area contributed by atoms with E-state index in [4.69, 9.17) is 4.74 Å². The Bertz CT molecular complexity index is 741. The summed E-state index contributed by atoms with van der Waals surface area (Å²) in [7, 11) is 0. The molecule has 0 aliphatic rings. The Morgan fingerprint density at radius 1 is 1.00 bits per heavy atom. The van der Waals surface area contributed by atoms with Gasteiger partial charge in [0, 0.05) is 15.6 Å². The lowest BCUT2D eigenvalue weighted by Gasteiger charge is -2.10. The van der Waals surface area contributed by atoms with Crippen molar-refractivity contribution < 1.29 is 4.74 Å². The first-order chi connectivity index (χ1) is 9.74. The quantitative estimate of drug-likeness (QED) is 0.683. The summed E-state index contributed by atoms with van der Waals surface area (Å²) >= 11 is 3.56. The van der Waals surface area contributed by atoms with Crippen LogP contribution in [0.3, 0.4) is 0 Å². The molecule has 0 atom stereocenters. The van der Waals surface area contributed by atoms with E-state index in [0.717, 1.165) is 32.4 Å². The van der Waals surface area contributed by atoms with E-state index < -0.39 is 0 Å². The summed E-state index contributed by atoms with van der Waals surface area (Å²) in [5, 5.41) is 1.07. The van der Waals surface area contributed by atoms with Crippen molar-refractivity contribution >= 4 is 26.8 Å². The van der Waals surface area contributed by atoms with E-state index in [2.05, 4.69) is 39.1 Å². The Labute approximate surface area is 126 Å². The summed E-state index contributed by atoms with van der Waals surface area (Å²) in [6.07, 6.45) is 0. The highest BCUT2D eigenvalue weighted by atomic mass is 79.9. The molecule has 0 saturated heterocycles. The molecule has 0 fully saturated rings. The summed E-state index contributed by atoms with van der Waals surface area (Å²) in [5.41, 5.74) is 3.03. The molecule has 2 aromatic carbocycles. The van der Waals surface area contributed by atoms with Crippen LogP contribution in [0, 0.1) is 6.92 Å². The Morgan fingerprint density at radius 3 is 2.60 bits per heavy atom. The van der Waals surface area contributed by atoms with Crippen molar-refractivity contribution in [3.8, 4) is 5.75 Å². The van der Waals surface area contributed by atoms with Crippen LogP contribution in [-0.4, -0.2) is 4.98 Å². The third-order valence-electron chi connectivity index (χ3n) is 3.14. The highest BCUT2D eigenvalue weighted by Gasteiger charge is 2.07. The average molecular weight is 328 g/mol. The van der Waals surface area contributed by atoms with Crippen LogP contribution in [0.5, 0.6) is 5.75 Å². The molecule has 0 N–H and O–H groups in total. The Hall–Kier alpha value is -1.87. The Morgan fingerprint density at radius 2 is 1.80 bits per heavy atom. The van der Waals surface area contributed by atoms with Crippen LogP contribution in [0.1, 0.15) is 11.3 Å². The molecule has 0 aliphatic carbocycles. The van der Waals surface area contributed by atoms with Crippen LogP contribution in [-0.2, 0) is 6.61 Å². The van der Waals surface area contributed by atoms with E-state index in [-0.39, 0.29) is 0 Å². The van der Waals surface area contributed by atoms with Crippen molar-refractivity contribution in [2.75, 3.05) is 0 Å². The maximum atomic E-state index is 5.93. The third-order valence-corrected chi connectivity index (χ3v) is 3.83. The molecule has 3 rings (SSSR count). The molecule has 100 valence electrons. The number of aryl methyl sites for hydroxylation is 1. The Kier molecular flexibility index (Phi) is 3.70. The van der Waals surface area contributed by atoms with Gasteiger partial charge in [-0.15, -0.1) is 0 Å². The predicted molar refractivity (Wildman–Crippen MR) is 85.0 cm³/mol. The number of aromatic nitrogens is 1. The summed E-state index contributed by atoms with van der Waals surface area (Å²) in [6, 6.07) is 18.2. The molecule has 0 saturated carbocycles. The minimum absolute atomic E-state index is 0.549. The number of ether oxygens (including phenoxy) is 1. The van der Waals surface area contributed by atoms with Gasteiger partial charge in [-0.25, -0.2) is 4.98 Å². The topological polar surface area (TPSA) is 22.1 Å². The summed E-state index contributed by atoms with van der Waals surface area (Å²) in [5.74, 6) is 0.816. The summed E-state index contributed by atoms with van der Waals surface area (Å²) in [4.78, 5) is 4.59. The van der Waals surface area contributed by atoms with Gasteiger partial charge in [0.2, 0.25) is 0 Å². The molecule has 0 spiro atoms. The van der Waals surface area contributed by atoms with Gasteiger partial charge in [-0.2, -0.15) is 0 Å². The Balaban J connectivity index is 1.95. The number of hydrogen-bond donors (Lipinski definition) is 0. The minimum atomic E-state index is 0.549. The highest BCUT2D eigenvalue weighted by molar-refractivity contribution is 9.10. The van der Waals surface area contributed by atoms with Crippen LogP contribution < -0.4 is 4.74 Å². The zero-order valence-electron chi connectivity index (χ0n) is 11.1. The monoisotopic (exact) mass is 327 g/mol. The summed E-state index contributed by atoms with van der Waals surface area (Å²) in [6.45, 7) is 2.54. The molecule has 0 unspecified atom stereocenters. The third kappa shape index (κ3) is 2.68. The van der Waals surface area contributed by atoms with Gasteiger partial charge in [-0.3, -0.25) is 0 Å². The molecule has 1 heterocycles. The van der Waals surface area contributed by atoms with Crippen LogP contribution in [0.2, 0.25) is 0 Å². The molecular formula is C17H14BrNO. The largest absolute Gasteiger partial charge is 0.487 e. The van der Waals surface area contributed by atoms with E-state index in [1.54, 1.807) is 0 Å². The first-order valence-electron chi connectivity index (χ1n) is 6.46. The first kappa shape index (κ1) is 13.1. The van der Waals surface area contributed by atoms with Crippen molar-refractivity contribution in [1.82, 2.24) is 4.98 Å². The van der Waals surface area contributed by atoms with E-state index in [9.17, 15) is 0 Å². The molecule has 20 heavy (non-hydrogen) atoms. The molecule has 2 nitrogen and oxygen atoms in total. The molecule has 0 amide bonds. The fraction of sp³-hybridized carbons (Fsp3) is 0.118. The molecule has 3 aromatic rings. The second-order valence-electron chi connectivity index (χ2n) is 4.67. The number of rotatable bonds is 3. The number of hydrogen-bond acceptors (Lipinski definition) is 2. The fourth-order valence-corrected chi connectivity index (χ4v) is 2.56. The fourth-order valence-electron chi connectivity index (χ4n) is 2.11. The van der Waals surface area contributed by atoms with Crippen LogP contribution in [0.25, 0.3) is 10.9 Å². The molecule has 1 aromatic heterocycles. The maximum absolute atomic E-state index is 5.93. The van der Waals surface area contributed by atoms with Crippen LogP contribution in [0.15, 0.2) is 59.1 Å². The second-order valence-corrected chi connectivity index (χ2v) is 5.52. The van der Waals surface area contributed by atoms with E-state index >= 15 is 0 Å². The zero-order chi connectivity index (χ0) is 13.9. The maximum Gasteiger partial charge on any atom is 0.146 e. The zero-order valence-corrected chi connectivity index (χ0v) is 12.7. The van der Waals surface area contributed by atoms with Gasteiger partial charge in [0.25, 0.3) is 0 Å². The lowest BCUT2D eigenvalue weighted by Crippen LogP contribution is -1.97. The molecule has 0 aliphatic heterocycles. The number of fused-ring (bicyclic) bond motifs is 1. The molecule has 0 bridgehead atoms. The number of benzene rings is 2. The van der Waals surface area contributed by atoms with Gasteiger partial charge < -0.3 is 4.74 Å². The van der Waals surface area contributed by atoms with Crippen molar-refractivity contribution in [3.05, 3.63) is 70.3 Å². The standard InChI is InChI=1S/C17H14BrNO/c1-12-7-8-14-15(18)9-10-16(17(14)19-12)20-11-13-5-3-2-4-6-13/h2-10H,11H2,1H3. The minimum Gasteiger partial charge on any atom is -0.487 e. The lowest BCUT2D eigenvalue weighted by atomic mass is 10.2. The number of nitrogens with zero attached hydrogens (tertiary/aromatic N) is 1. The normalized spacial score (nSPS) is 10.7. The van der Waals surface area contributed by atoms with Gasteiger partial charge in [0.1, 0.15) is 17.9 Å². The predicted octanol–water partition coefficient (Wildman–Crippen LogP) is 4.88. The van der Waals surface area contributed by atoms with Crippen LogP contribution in [0.4, 0.5) is 0 Å². The van der Waals surface area contributed by atoms with E-state index in [0.29, 0.717) is 6.61 Å². The molecule has 0 radical (unpaired) electrons. The average Bonchev–Trinajstić information content (AvgIpc) is 2.47. The first-order valence-corrected chi connectivity index (χ1v) is 7.26. The van der Waals surface area contributed by atoms with E-state index in [1.807, 2.05) is 43.3 Å². The van der Waals surface area contributed by atoms with Gasteiger partial charge in [0.05, 0.1) is 0 Å². The lowest BCUT2D eigenvalue weighted by molar-refractivity contribution is 0.309. The number of pyridine rings is 1. The molecular weight excluding hydrogens is 314 g/mol. The molecule has 3 heteroatoms. The second kappa shape index (κ2) is 5.63. The van der Waals surface area contributed by atoms with Crippen molar-refractivity contribution in [2.45, 2.75) is 13.5 Å². The van der Waals surface area contributed by atoms with Crippen molar-refractivity contribution in [2.24, 2.45) is 0 Å². The summed E-state index contributed by atoms with van der Waals surface area (Å²) < 4.78 is 6.97. The van der Waals surface area contributed by atoms with Gasteiger partial charge in [0.15, 0.2) is 0 Å². The highest BCUT2D eigenvalue weighted by Crippen LogP contribution is 2.30. The van der Waals surface area contributed by atoms with Crippen molar-refractivity contribution in [3.63, 3.8) is 0 Å². The van der Waals surface area contributed by atoms with Gasteiger partial charge >= 0.3 is 0 Å². The van der Waals surface area contributed by atoms with Gasteiger partial charge in [-0.1, -0.05) is 46.3 Å². The van der Waals surface area contributed by atoms with Gasteiger partial charge in [-0.05, 0) is 36.8 Å². The van der Waals surface area contributed by atoms with Crippen molar-refractivity contribution in [1.29, 1.82) is 0 Å². The van der Waals surface area contributed by atoms with Crippen LogP contribution >= 0.6 is 15.9 Å². The smallest absolute Gasteiger partial charge is 0.146 e.